The van der Waals surface area contributed by atoms with Gasteiger partial charge in [-0.05, 0) is 25.0 Å². The lowest BCUT2D eigenvalue weighted by Gasteiger charge is -1.90. The number of rotatable bonds is 1. The van der Waals surface area contributed by atoms with Crippen LogP contribution in [0.3, 0.4) is 0 Å². The molecule has 0 saturated heterocycles. The van der Waals surface area contributed by atoms with Crippen LogP contribution in [-0.2, 0) is 0 Å². The van der Waals surface area contributed by atoms with Gasteiger partial charge in [0.1, 0.15) is 0 Å². The zero-order valence-corrected chi connectivity index (χ0v) is 7.71. The molecule has 1 fully saturated rings. The number of benzene rings is 1. The highest BCUT2D eigenvalue weighted by atomic mass is 35.5. The Kier molecular flexibility index (Phi) is 1.41. The molecule has 1 aromatic heterocycles. The van der Waals surface area contributed by atoms with Crippen LogP contribution < -0.4 is 0 Å². The summed E-state index contributed by atoms with van der Waals surface area (Å²) in [4.78, 5) is 0. The van der Waals surface area contributed by atoms with Gasteiger partial charge < -0.3 is 4.52 Å². The second-order valence-electron chi connectivity index (χ2n) is 3.48. The first kappa shape index (κ1) is 7.39. The summed E-state index contributed by atoms with van der Waals surface area (Å²) in [6.45, 7) is 0. The predicted molar refractivity (Wildman–Crippen MR) is 51.0 cm³/mol. The van der Waals surface area contributed by atoms with E-state index in [0.29, 0.717) is 10.9 Å². The molecular formula is C10H8ClNO. The third-order valence-electron chi connectivity index (χ3n) is 2.43. The molecule has 1 aliphatic carbocycles. The summed E-state index contributed by atoms with van der Waals surface area (Å²) in [5, 5.41) is 5.88. The van der Waals surface area contributed by atoms with E-state index in [1.54, 1.807) is 0 Å². The van der Waals surface area contributed by atoms with Crippen molar-refractivity contribution in [3.8, 4) is 0 Å². The lowest BCUT2D eigenvalue weighted by atomic mass is 10.1. The van der Waals surface area contributed by atoms with Crippen molar-refractivity contribution in [2.75, 3.05) is 0 Å². The number of hydrogen-bond donors (Lipinski definition) is 0. The van der Waals surface area contributed by atoms with Gasteiger partial charge in [0.15, 0.2) is 5.58 Å². The van der Waals surface area contributed by atoms with Crippen LogP contribution in [0.5, 0.6) is 0 Å². The molecule has 0 radical (unpaired) electrons. The molecule has 3 rings (SSSR count). The van der Waals surface area contributed by atoms with Crippen LogP contribution in [0.2, 0.25) is 5.02 Å². The number of halogens is 1. The Labute approximate surface area is 80.5 Å². The predicted octanol–water partition coefficient (Wildman–Crippen LogP) is 3.36. The van der Waals surface area contributed by atoms with Gasteiger partial charge in [-0.3, -0.25) is 0 Å². The molecule has 0 bridgehead atoms. The molecule has 1 aliphatic rings. The number of hydrogen-bond acceptors (Lipinski definition) is 2. The van der Waals surface area contributed by atoms with Gasteiger partial charge in [-0.2, -0.15) is 0 Å². The van der Waals surface area contributed by atoms with Crippen LogP contribution >= 0.6 is 11.6 Å². The van der Waals surface area contributed by atoms with E-state index in [-0.39, 0.29) is 0 Å². The van der Waals surface area contributed by atoms with Gasteiger partial charge in [-0.1, -0.05) is 16.8 Å². The quantitative estimate of drug-likeness (QED) is 0.694. The van der Waals surface area contributed by atoms with Crippen molar-refractivity contribution in [2.24, 2.45) is 0 Å². The molecule has 1 aromatic carbocycles. The highest BCUT2D eigenvalue weighted by Gasteiger charge is 2.28. The Morgan fingerprint density at radius 3 is 3.00 bits per heavy atom. The van der Waals surface area contributed by atoms with Crippen LogP contribution in [-0.4, -0.2) is 5.16 Å². The fourth-order valence-electron chi connectivity index (χ4n) is 1.58. The summed E-state index contributed by atoms with van der Waals surface area (Å²) < 4.78 is 5.20. The molecule has 0 unspecified atom stereocenters. The topological polar surface area (TPSA) is 26.0 Å². The number of nitrogens with zero attached hydrogens (tertiary/aromatic N) is 1. The summed E-state index contributed by atoms with van der Waals surface area (Å²) in [6, 6.07) is 5.69. The van der Waals surface area contributed by atoms with Crippen molar-refractivity contribution < 1.29 is 4.52 Å². The van der Waals surface area contributed by atoms with E-state index in [9.17, 15) is 0 Å². The number of fused-ring (bicyclic) bond motifs is 1. The van der Waals surface area contributed by atoms with Crippen molar-refractivity contribution in [2.45, 2.75) is 18.8 Å². The average Bonchev–Trinajstić information content (AvgIpc) is 2.87. The van der Waals surface area contributed by atoms with Crippen LogP contribution in [0.15, 0.2) is 22.7 Å². The smallest absolute Gasteiger partial charge is 0.168 e. The van der Waals surface area contributed by atoms with E-state index < -0.39 is 0 Å². The standard InChI is InChI=1S/C10H8ClNO/c11-7-3-4-8-9(5-7)13-12-10(8)6-1-2-6/h3-6H,1-2H2. The molecular weight excluding hydrogens is 186 g/mol. The van der Waals surface area contributed by atoms with Crippen molar-refractivity contribution in [1.29, 1.82) is 0 Å². The van der Waals surface area contributed by atoms with Gasteiger partial charge in [-0.15, -0.1) is 0 Å². The monoisotopic (exact) mass is 193 g/mol. The minimum absolute atomic E-state index is 0.627. The first-order chi connectivity index (χ1) is 6.34. The first-order valence-corrected chi connectivity index (χ1v) is 4.77. The molecule has 0 spiro atoms. The van der Waals surface area contributed by atoms with Crippen LogP contribution in [0.25, 0.3) is 11.0 Å². The number of aromatic nitrogens is 1. The maximum Gasteiger partial charge on any atom is 0.168 e. The Balaban J connectivity index is 2.26. The minimum Gasteiger partial charge on any atom is -0.356 e. The molecule has 3 heteroatoms. The van der Waals surface area contributed by atoms with Gasteiger partial charge in [-0.25, -0.2) is 0 Å². The Morgan fingerprint density at radius 1 is 1.38 bits per heavy atom. The molecule has 0 atom stereocenters. The van der Waals surface area contributed by atoms with Crippen LogP contribution in [0.1, 0.15) is 24.5 Å². The maximum absolute atomic E-state index is 5.84. The van der Waals surface area contributed by atoms with Gasteiger partial charge >= 0.3 is 0 Å². The summed E-state index contributed by atoms with van der Waals surface area (Å²) in [5.74, 6) is 0.627. The third kappa shape index (κ3) is 1.13. The molecule has 13 heavy (non-hydrogen) atoms. The SMILES string of the molecule is Clc1ccc2c(C3CC3)noc2c1. The fraction of sp³-hybridized carbons (Fsp3) is 0.300. The maximum atomic E-state index is 5.84. The second-order valence-corrected chi connectivity index (χ2v) is 3.92. The van der Waals surface area contributed by atoms with Crippen molar-refractivity contribution in [1.82, 2.24) is 5.16 Å². The molecule has 66 valence electrons. The van der Waals surface area contributed by atoms with E-state index in [2.05, 4.69) is 5.16 Å². The Bertz CT molecular complexity index is 459. The lowest BCUT2D eigenvalue weighted by molar-refractivity contribution is 0.446. The molecule has 2 aromatic rings. The van der Waals surface area contributed by atoms with E-state index >= 15 is 0 Å². The van der Waals surface area contributed by atoms with Gasteiger partial charge in [0.05, 0.1) is 5.69 Å². The van der Waals surface area contributed by atoms with E-state index in [4.69, 9.17) is 16.1 Å². The zero-order valence-electron chi connectivity index (χ0n) is 6.96. The highest BCUT2D eigenvalue weighted by molar-refractivity contribution is 6.31. The van der Waals surface area contributed by atoms with Gasteiger partial charge in [0.25, 0.3) is 0 Å². The highest BCUT2D eigenvalue weighted by Crippen LogP contribution is 2.42. The van der Waals surface area contributed by atoms with Gasteiger partial charge in [0, 0.05) is 22.4 Å². The summed E-state index contributed by atoms with van der Waals surface area (Å²) in [7, 11) is 0. The van der Waals surface area contributed by atoms with E-state index in [1.165, 1.54) is 12.8 Å². The Morgan fingerprint density at radius 2 is 2.23 bits per heavy atom. The third-order valence-corrected chi connectivity index (χ3v) is 2.66. The molecule has 0 amide bonds. The van der Waals surface area contributed by atoms with Crippen molar-refractivity contribution in [3.63, 3.8) is 0 Å². The molecule has 1 heterocycles. The molecule has 0 aliphatic heterocycles. The zero-order chi connectivity index (χ0) is 8.84. The molecule has 2 nitrogen and oxygen atoms in total. The van der Waals surface area contributed by atoms with Crippen molar-refractivity contribution >= 4 is 22.6 Å². The normalized spacial score (nSPS) is 16.7. The van der Waals surface area contributed by atoms with E-state index in [1.807, 2.05) is 18.2 Å². The first-order valence-electron chi connectivity index (χ1n) is 4.39. The van der Waals surface area contributed by atoms with Crippen LogP contribution in [0.4, 0.5) is 0 Å². The van der Waals surface area contributed by atoms with Crippen LogP contribution in [0, 0.1) is 0 Å². The summed E-state index contributed by atoms with van der Waals surface area (Å²) in [6.07, 6.45) is 2.48. The fourth-order valence-corrected chi connectivity index (χ4v) is 1.74. The Hall–Kier alpha value is -1.02. The largest absolute Gasteiger partial charge is 0.356 e. The molecule has 0 N–H and O–H groups in total. The van der Waals surface area contributed by atoms with Gasteiger partial charge in [0.2, 0.25) is 0 Å². The summed E-state index contributed by atoms with van der Waals surface area (Å²) >= 11 is 5.84. The van der Waals surface area contributed by atoms with Crippen molar-refractivity contribution in [3.05, 3.63) is 28.9 Å². The lowest BCUT2D eigenvalue weighted by Crippen LogP contribution is -1.77. The average molecular weight is 194 g/mol. The molecule has 1 saturated carbocycles. The second kappa shape index (κ2) is 2.48. The van der Waals surface area contributed by atoms with E-state index in [0.717, 1.165) is 16.7 Å². The minimum atomic E-state index is 0.627. The summed E-state index contributed by atoms with van der Waals surface area (Å²) in [5.41, 5.74) is 1.90.